The van der Waals surface area contributed by atoms with Crippen LogP contribution in [0.2, 0.25) is 0 Å². The topological polar surface area (TPSA) is 0 Å². The molecule has 1 aliphatic rings. The molecule has 84 valence electrons. The number of hydrogen-bond donors (Lipinski definition) is 0. The number of unbranched alkanes of at least 4 members (excludes halogenated alkanes) is 1. The van der Waals surface area contributed by atoms with Crippen LogP contribution in [0.3, 0.4) is 0 Å². The van der Waals surface area contributed by atoms with Crippen molar-refractivity contribution in [3.8, 4) is 0 Å². The summed E-state index contributed by atoms with van der Waals surface area (Å²) in [5.41, 5.74) is 0. The normalized spacial score (nSPS) is 32.4. The first-order chi connectivity index (χ1) is 6.83. The molecule has 0 N–H and O–H groups in total. The SMILES string of the molecule is CCCCC1CCC(CC)C1CCC. The van der Waals surface area contributed by atoms with Crippen LogP contribution in [0.5, 0.6) is 0 Å². The van der Waals surface area contributed by atoms with Crippen molar-refractivity contribution in [1.82, 2.24) is 0 Å². The van der Waals surface area contributed by atoms with E-state index < -0.39 is 0 Å². The van der Waals surface area contributed by atoms with Gasteiger partial charge < -0.3 is 0 Å². The van der Waals surface area contributed by atoms with Gasteiger partial charge in [0.25, 0.3) is 0 Å². The lowest BCUT2D eigenvalue weighted by Gasteiger charge is -2.23. The minimum absolute atomic E-state index is 1.07. The second-order valence-electron chi connectivity index (χ2n) is 5.10. The van der Waals surface area contributed by atoms with E-state index in [9.17, 15) is 0 Å². The number of rotatable bonds is 6. The molecule has 0 spiro atoms. The van der Waals surface area contributed by atoms with Gasteiger partial charge in [-0.3, -0.25) is 0 Å². The molecular weight excluding hydrogens is 168 g/mol. The Hall–Kier alpha value is 0. The van der Waals surface area contributed by atoms with Gasteiger partial charge in [-0.1, -0.05) is 59.3 Å². The molecule has 0 aliphatic heterocycles. The Morgan fingerprint density at radius 3 is 2.14 bits per heavy atom. The van der Waals surface area contributed by atoms with Crippen molar-refractivity contribution in [2.24, 2.45) is 17.8 Å². The lowest BCUT2D eigenvalue weighted by molar-refractivity contribution is 0.267. The highest BCUT2D eigenvalue weighted by Crippen LogP contribution is 2.43. The molecule has 0 heterocycles. The average molecular weight is 196 g/mol. The zero-order valence-electron chi connectivity index (χ0n) is 10.4. The molecule has 0 saturated heterocycles. The van der Waals surface area contributed by atoms with E-state index in [1.165, 1.54) is 51.4 Å². The Bertz CT molecular complexity index is 139. The Kier molecular flexibility index (Phi) is 5.59. The summed E-state index contributed by atoms with van der Waals surface area (Å²) in [6.07, 6.45) is 11.7. The first kappa shape index (κ1) is 12.1. The van der Waals surface area contributed by atoms with Gasteiger partial charge in [0.1, 0.15) is 0 Å². The third-order valence-corrected chi connectivity index (χ3v) is 4.19. The fourth-order valence-electron chi connectivity index (χ4n) is 3.38. The van der Waals surface area contributed by atoms with Gasteiger partial charge in [-0.25, -0.2) is 0 Å². The molecule has 1 fully saturated rings. The second kappa shape index (κ2) is 6.48. The maximum atomic E-state index is 2.38. The lowest BCUT2D eigenvalue weighted by Crippen LogP contribution is -2.14. The molecule has 0 nitrogen and oxygen atoms in total. The molecule has 0 bridgehead atoms. The van der Waals surface area contributed by atoms with Gasteiger partial charge in [0.2, 0.25) is 0 Å². The van der Waals surface area contributed by atoms with E-state index in [1.807, 2.05) is 0 Å². The quantitative estimate of drug-likeness (QED) is 0.559. The molecule has 1 rings (SSSR count). The van der Waals surface area contributed by atoms with Crippen molar-refractivity contribution >= 4 is 0 Å². The zero-order chi connectivity index (χ0) is 10.4. The van der Waals surface area contributed by atoms with Gasteiger partial charge in [-0.05, 0) is 30.6 Å². The lowest BCUT2D eigenvalue weighted by atomic mass is 9.82. The van der Waals surface area contributed by atoms with Crippen molar-refractivity contribution in [2.45, 2.75) is 72.1 Å². The summed E-state index contributed by atoms with van der Waals surface area (Å²) in [4.78, 5) is 0. The Labute approximate surface area is 90.5 Å². The van der Waals surface area contributed by atoms with Gasteiger partial charge in [0.05, 0.1) is 0 Å². The summed E-state index contributed by atoms with van der Waals surface area (Å²) in [5, 5.41) is 0. The van der Waals surface area contributed by atoms with Gasteiger partial charge in [-0.15, -0.1) is 0 Å². The van der Waals surface area contributed by atoms with Crippen molar-refractivity contribution < 1.29 is 0 Å². The van der Waals surface area contributed by atoms with E-state index in [2.05, 4.69) is 20.8 Å². The highest BCUT2D eigenvalue weighted by atomic mass is 14.4. The molecule has 14 heavy (non-hydrogen) atoms. The van der Waals surface area contributed by atoms with Gasteiger partial charge >= 0.3 is 0 Å². The average Bonchev–Trinajstić information content (AvgIpc) is 2.58. The largest absolute Gasteiger partial charge is 0.0654 e. The molecule has 1 saturated carbocycles. The van der Waals surface area contributed by atoms with Gasteiger partial charge in [-0.2, -0.15) is 0 Å². The molecule has 0 heteroatoms. The van der Waals surface area contributed by atoms with E-state index in [-0.39, 0.29) is 0 Å². The van der Waals surface area contributed by atoms with Gasteiger partial charge in [0.15, 0.2) is 0 Å². The molecule has 0 aromatic heterocycles. The van der Waals surface area contributed by atoms with Crippen LogP contribution in [0.1, 0.15) is 72.1 Å². The summed E-state index contributed by atoms with van der Waals surface area (Å²) in [7, 11) is 0. The third-order valence-electron chi connectivity index (χ3n) is 4.19. The predicted octanol–water partition coefficient (Wildman–Crippen LogP) is 5.03. The van der Waals surface area contributed by atoms with Crippen LogP contribution in [-0.4, -0.2) is 0 Å². The first-order valence-electron chi connectivity index (χ1n) is 6.83. The summed E-state index contributed by atoms with van der Waals surface area (Å²) < 4.78 is 0. The van der Waals surface area contributed by atoms with E-state index in [1.54, 1.807) is 0 Å². The molecule has 0 aromatic carbocycles. The fraction of sp³-hybridized carbons (Fsp3) is 1.00. The Morgan fingerprint density at radius 1 is 0.857 bits per heavy atom. The van der Waals surface area contributed by atoms with E-state index in [0.29, 0.717) is 0 Å². The zero-order valence-corrected chi connectivity index (χ0v) is 10.4. The predicted molar refractivity (Wildman–Crippen MR) is 64.4 cm³/mol. The van der Waals surface area contributed by atoms with Crippen molar-refractivity contribution in [1.29, 1.82) is 0 Å². The van der Waals surface area contributed by atoms with Crippen molar-refractivity contribution in [2.75, 3.05) is 0 Å². The Balaban J connectivity index is 2.40. The first-order valence-corrected chi connectivity index (χ1v) is 6.83. The maximum Gasteiger partial charge on any atom is -0.0358 e. The van der Waals surface area contributed by atoms with Crippen LogP contribution >= 0.6 is 0 Å². The van der Waals surface area contributed by atoms with Crippen LogP contribution < -0.4 is 0 Å². The summed E-state index contributed by atoms with van der Waals surface area (Å²) in [6, 6.07) is 0. The smallest absolute Gasteiger partial charge is 0.0358 e. The van der Waals surface area contributed by atoms with Crippen LogP contribution in [0, 0.1) is 17.8 Å². The monoisotopic (exact) mass is 196 g/mol. The van der Waals surface area contributed by atoms with E-state index in [0.717, 1.165) is 17.8 Å². The van der Waals surface area contributed by atoms with E-state index >= 15 is 0 Å². The highest BCUT2D eigenvalue weighted by Gasteiger charge is 2.33. The molecular formula is C14H28. The molecule has 0 amide bonds. The van der Waals surface area contributed by atoms with Crippen LogP contribution in [0.4, 0.5) is 0 Å². The third kappa shape index (κ3) is 3.00. The fourth-order valence-corrected chi connectivity index (χ4v) is 3.38. The highest BCUT2D eigenvalue weighted by molar-refractivity contribution is 4.83. The minimum Gasteiger partial charge on any atom is -0.0654 e. The summed E-state index contributed by atoms with van der Waals surface area (Å²) >= 11 is 0. The molecule has 3 unspecified atom stereocenters. The van der Waals surface area contributed by atoms with Crippen LogP contribution in [0.25, 0.3) is 0 Å². The summed E-state index contributed by atoms with van der Waals surface area (Å²) in [5.74, 6) is 3.23. The molecule has 0 aromatic rings. The van der Waals surface area contributed by atoms with Crippen LogP contribution in [-0.2, 0) is 0 Å². The minimum atomic E-state index is 1.07. The standard InChI is InChI=1S/C14H28/c1-4-7-9-13-11-10-12(6-3)14(13)8-5-2/h12-14H,4-11H2,1-3H3. The Morgan fingerprint density at radius 2 is 1.57 bits per heavy atom. The molecule has 0 radical (unpaired) electrons. The van der Waals surface area contributed by atoms with E-state index in [4.69, 9.17) is 0 Å². The van der Waals surface area contributed by atoms with Crippen molar-refractivity contribution in [3.05, 3.63) is 0 Å². The molecule has 1 aliphatic carbocycles. The summed E-state index contributed by atoms with van der Waals surface area (Å²) in [6.45, 7) is 7.05. The number of hydrogen-bond acceptors (Lipinski definition) is 0. The maximum absolute atomic E-state index is 2.38. The second-order valence-corrected chi connectivity index (χ2v) is 5.10. The molecule has 3 atom stereocenters. The van der Waals surface area contributed by atoms with Crippen molar-refractivity contribution in [3.63, 3.8) is 0 Å². The van der Waals surface area contributed by atoms with Gasteiger partial charge in [0, 0.05) is 0 Å². The van der Waals surface area contributed by atoms with Crippen LogP contribution in [0.15, 0.2) is 0 Å².